The summed E-state index contributed by atoms with van der Waals surface area (Å²) in [5.74, 6) is 1.48. The summed E-state index contributed by atoms with van der Waals surface area (Å²) in [5.41, 5.74) is 7.47. The number of aliphatic hydroxyl groups excluding tert-OH is 1. The van der Waals surface area contributed by atoms with Crippen LogP contribution in [0.3, 0.4) is 0 Å². The minimum Gasteiger partial charge on any atom is -0.444 e. The molecule has 9 heteroatoms. The molecule has 3 N–H and O–H groups in total. The van der Waals surface area contributed by atoms with Crippen molar-refractivity contribution in [2.24, 2.45) is 10.7 Å². The fourth-order valence-corrected chi connectivity index (χ4v) is 4.82. The average molecular weight is 463 g/mol. The lowest BCUT2D eigenvalue weighted by Gasteiger charge is -2.33. The highest BCUT2D eigenvalue weighted by Gasteiger charge is 2.24. The van der Waals surface area contributed by atoms with Gasteiger partial charge >= 0.3 is 6.09 Å². The molecule has 0 fully saturated rings. The molecule has 0 aliphatic carbocycles. The predicted molar refractivity (Wildman–Crippen MR) is 129 cm³/mol. The predicted octanol–water partition coefficient (Wildman–Crippen LogP) is 3.93. The molecular formula is C22H30N4O3S2. The number of carbonyl (C=O) groups is 1. The Hall–Kier alpha value is -2.23. The van der Waals surface area contributed by atoms with Gasteiger partial charge < -0.3 is 25.4 Å². The van der Waals surface area contributed by atoms with E-state index >= 15 is 0 Å². The van der Waals surface area contributed by atoms with Gasteiger partial charge in [-0.15, -0.1) is 23.1 Å². The molecule has 0 saturated carbocycles. The molecule has 7 nitrogen and oxygen atoms in total. The Morgan fingerprint density at radius 3 is 2.81 bits per heavy atom. The van der Waals surface area contributed by atoms with E-state index < -0.39 is 11.7 Å². The Morgan fingerprint density at radius 1 is 1.32 bits per heavy atom. The molecule has 0 bridgehead atoms. The molecular weight excluding hydrogens is 432 g/mol. The zero-order valence-corrected chi connectivity index (χ0v) is 19.8. The summed E-state index contributed by atoms with van der Waals surface area (Å²) in [6.45, 7) is 7.62. The molecule has 0 saturated heterocycles. The van der Waals surface area contributed by atoms with E-state index in [1.807, 2.05) is 62.2 Å². The minimum absolute atomic E-state index is 0.105. The Morgan fingerprint density at radius 2 is 2.13 bits per heavy atom. The third kappa shape index (κ3) is 6.62. The van der Waals surface area contributed by atoms with Crippen molar-refractivity contribution in [3.8, 4) is 0 Å². The molecule has 1 aliphatic heterocycles. The van der Waals surface area contributed by atoms with E-state index in [0.29, 0.717) is 18.9 Å². The maximum absolute atomic E-state index is 12.5. The van der Waals surface area contributed by atoms with Gasteiger partial charge in [0.1, 0.15) is 11.4 Å². The lowest BCUT2D eigenvalue weighted by Crippen LogP contribution is -2.43. The van der Waals surface area contributed by atoms with Crippen LogP contribution >= 0.6 is 23.1 Å². The van der Waals surface area contributed by atoms with Gasteiger partial charge in [0.25, 0.3) is 0 Å². The van der Waals surface area contributed by atoms with Crippen molar-refractivity contribution in [1.82, 2.24) is 4.90 Å². The molecule has 1 aromatic carbocycles. The normalized spacial score (nSPS) is 14.3. The minimum atomic E-state index is -0.575. The summed E-state index contributed by atoms with van der Waals surface area (Å²) >= 11 is 3.37. The molecule has 3 rings (SSSR count). The molecule has 0 radical (unpaired) electrons. The van der Waals surface area contributed by atoms with Crippen LogP contribution in [0.5, 0.6) is 0 Å². The van der Waals surface area contributed by atoms with Crippen LogP contribution < -0.4 is 10.6 Å². The Labute approximate surface area is 191 Å². The van der Waals surface area contributed by atoms with Crippen LogP contribution in [0, 0.1) is 0 Å². The average Bonchev–Trinajstić information content (AvgIpc) is 3.25. The van der Waals surface area contributed by atoms with Crippen LogP contribution in [0.4, 0.5) is 16.2 Å². The number of thiophene rings is 1. The molecule has 31 heavy (non-hydrogen) atoms. The van der Waals surface area contributed by atoms with Crippen molar-refractivity contribution in [1.29, 1.82) is 0 Å². The quantitative estimate of drug-likeness (QED) is 0.479. The van der Waals surface area contributed by atoms with Crippen molar-refractivity contribution in [2.45, 2.75) is 31.3 Å². The number of carbonyl (C=O) groups excluding carboxylic acids is 1. The van der Waals surface area contributed by atoms with E-state index in [1.54, 1.807) is 16.2 Å². The van der Waals surface area contributed by atoms with Crippen molar-refractivity contribution in [3.63, 3.8) is 0 Å². The number of nitrogens with two attached hydrogens (primary N) is 1. The van der Waals surface area contributed by atoms with Crippen molar-refractivity contribution >= 4 is 46.4 Å². The largest absolute Gasteiger partial charge is 0.444 e. The number of hydrogen-bond donors (Lipinski definition) is 2. The van der Waals surface area contributed by atoms with E-state index in [9.17, 15) is 9.90 Å². The molecule has 2 aromatic rings. The van der Waals surface area contributed by atoms with Crippen LogP contribution in [0.25, 0.3) is 0 Å². The molecule has 0 spiro atoms. The second-order valence-electron chi connectivity index (χ2n) is 8.15. The number of hydrogen-bond acceptors (Lipinski definition) is 7. The number of benzene rings is 1. The number of fused-ring (bicyclic) bond motifs is 1. The molecule has 1 aromatic heterocycles. The van der Waals surface area contributed by atoms with Gasteiger partial charge in [-0.1, -0.05) is 6.07 Å². The first-order valence-corrected chi connectivity index (χ1v) is 12.1. The maximum Gasteiger partial charge on any atom is 0.410 e. The van der Waals surface area contributed by atoms with Crippen LogP contribution in [-0.2, 0) is 4.74 Å². The highest BCUT2D eigenvalue weighted by atomic mass is 32.2. The Kier molecular flexibility index (Phi) is 7.85. The summed E-state index contributed by atoms with van der Waals surface area (Å²) in [4.78, 5) is 23.0. The molecule has 0 unspecified atom stereocenters. The summed E-state index contributed by atoms with van der Waals surface area (Å²) < 4.78 is 5.48. The van der Waals surface area contributed by atoms with Crippen LogP contribution in [-0.4, -0.2) is 66.1 Å². The number of ether oxygens (including phenoxy) is 1. The standard InChI is InChI=1S/C22H30N4O3S2/c1-22(2,3)29-21(28)26(10-12-27)9-8-25-11-14-31-18-7-6-16(15-17(18)25)24-20(23)19-5-4-13-30-19/h4-7,13,15,27H,8-12,14H2,1-3H3,(H2,23,24). The van der Waals surface area contributed by atoms with E-state index in [1.165, 1.54) is 4.90 Å². The third-order valence-electron chi connectivity index (χ3n) is 4.59. The van der Waals surface area contributed by atoms with E-state index in [0.717, 1.165) is 28.5 Å². The van der Waals surface area contributed by atoms with Gasteiger partial charge in [-0.25, -0.2) is 9.79 Å². The SMILES string of the molecule is CC(C)(C)OC(=O)N(CCO)CCN1CCSc2ccc(N=C(N)c3cccs3)cc21. The molecule has 168 valence electrons. The second-order valence-corrected chi connectivity index (χ2v) is 10.2. The zero-order chi connectivity index (χ0) is 22.4. The van der Waals surface area contributed by atoms with Crippen molar-refractivity contribution < 1.29 is 14.6 Å². The molecule has 1 amide bonds. The summed E-state index contributed by atoms with van der Waals surface area (Å²) in [6.07, 6.45) is -0.407. The van der Waals surface area contributed by atoms with Gasteiger partial charge in [-0.05, 0) is 50.4 Å². The topological polar surface area (TPSA) is 91.4 Å². The van der Waals surface area contributed by atoms with Gasteiger partial charge in [0.2, 0.25) is 0 Å². The van der Waals surface area contributed by atoms with E-state index in [-0.39, 0.29) is 13.2 Å². The van der Waals surface area contributed by atoms with Gasteiger partial charge in [0.05, 0.1) is 22.9 Å². The van der Waals surface area contributed by atoms with Gasteiger partial charge in [0.15, 0.2) is 0 Å². The van der Waals surface area contributed by atoms with Gasteiger partial charge in [-0.2, -0.15) is 0 Å². The Bertz CT molecular complexity index is 910. The summed E-state index contributed by atoms with van der Waals surface area (Å²) in [5, 5.41) is 11.4. The first kappa shape index (κ1) is 23.4. The second kappa shape index (κ2) is 10.4. The highest BCUT2D eigenvalue weighted by Crippen LogP contribution is 2.37. The van der Waals surface area contributed by atoms with Gasteiger partial charge in [-0.3, -0.25) is 0 Å². The smallest absolute Gasteiger partial charge is 0.410 e. The fourth-order valence-electron chi connectivity index (χ4n) is 3.16. The third-order valence-corrected chi connectivity index (χ3v) is 6.52. The van der Waals surface area contributed by atoms with E-state index in [4.69, 9.17) is 10.5 Å². The molecule has 1 aliphatic rings. The number of amides is 1. The lowest BCUT2D eigenvalue weighted by atomic mass is 10.2. The van der Waals surface area contributed by atoms with Crippen LogP contribution in [0.2, 0.25) is 0 Å². The molecule has 0 atom stereocenters. The molecule has 2 heterocycles. The number of anilines is 1. The number of aliphatic hydroxyl groups is 1. The van der Waals surface area contributed by atoms with Crippen LogP contribution in [0.15, 0.2) is 45.6 Å². The van der Waals surface area contributed by atoms with Gasteiger partial charge in [0, 0.05) is 36.8 Å². The number of nitrogens with zero attached hydrogens (tertiary/aromatic N) is 3. The number of rotatable bonds is 7. The number of thioether (sulfide) groups is 1. The first-order chi connectivity index (χ1) is 14.8. The first-order valence-electron chi connectivity index (χ1n) is 10.3. The summed E-state index contributed by atoms with van der Waals surface area (Å²) in [7, 11) is 0. The number of aliphatic imine (C=N–C) groups is 1. The monoisotopic (exact) mass is 462 g/mol. The maximum atomic E-state index is 12.5. The Balaban J connectivity index is 1.74. The highest BCUT2D eigenvalue weighted by molar-refractivity contribution is 7.99. The fraction of sp³-hybridized carbons (Fsp3) is 0.455. The summed E-state index contributed by atoms with van der Waals surface area (Å²) in [6, 6.07) is 10.0. The van der Waals surface area contributed by atoms with Crippen LogP contribution in [0.1, 0.15) is 25.6 Å². The lowest BCUT2D eigenvalue weighted by molar-refractivity contribution is 0.0224. The van der Waals surface area contributed by atoms with E-state index in [2.05, 4.69) is 16.0 Å². The number of amidine groups is 1. The van der Waals surface area contributed by atoms with Crippen molar-refractivity contribution in [3.05, 3.63) is 40.6 Å². The van der Waals surface area contributed by atoms with Crippen molar-refractivity contribution in [2.75, 3.05) is 43.4 Å². The zero-order valence-electron chi connectivity index (χ0n) is 18.2.